The molecule has 6 rings (SSSR count). The standard InChI is InChI=1S/C30H28F2N6O4S/c1-16-27(17(2)42-36-16)18-7-10-23-22(13-18)35-28(38(23)30-34-15-25(43-30)29(40)33-11-12-41-3)24-5-4-6-26(39)37(24)19-8-9-20(31)21(32)14-19/h7-10,13-15,24H,4-6,11-12H2,1-3H3,(H,33,40)/t24-/m0/s1. The van der Waals surface area contributed by atoms with Gasteiger partial charge in [0.05, 0.1) is 35.6 Å². The quantitative estimate of drug-likeness (QED) is 0.227. The van der Waals surface area contributed by atoms with Gasteiger partial charge in [-0.1, -0.05) is 22.6 Å². The Morgan fingerprint density at radius 1 is 1.19 bits per heavy atom. The summed E-state index contributed by atoms with van der Waals surface area (Å²) in [5.74, 6) is -1.40. The van der Waals surface area contributed by atoms with Gasteiger partial charge in [0.2, 0.25) is 5.91 Å². The van der Waals surface area contributed by atoms with Gasteiger partial charge in [0.25, 0.3) is 5.91 Å². The number of aryl methyl sites for hydroxylation is 2. The molecule has 10 nitrogen and oxygen atoms in total. The lowest BCUT2D eigenvalue weighted by atomic mass is 9.99. The second-order valence-corrected chi connectivity index (χ2v) is 11.2. The minimum Gasteiger partial charge on any atom is -0.383 e. The van der Waals surface area contributed by atoms with Crippen LogP contribution in [0.2, 0.25) is 0 Å². The number of fused-ring (bicyclic) bond motifs is 1. The fourth-order valence-corrected chi connectivity index (χ4v) is 6.33. The summed E-state index contributed by atoms with van der Waals surface area (Å²) < 4.78 is 40.4. The molecule has 2 aromatic carbocycles. The first-order chi connectivity index (χ1) is 20.8. The van der Waals surface area contributed by atoms with Crippen LogP contribution in [0.1, 0.15) is 52.3 Å². The summed E-state index contributed by atoms with van der Waals surface area (Å²) in [7, 11) is 1.55. The van der Waals surface area contributed by atoms with Gasteiger partial charge in [0.15, 0.2) is 16.8 Å². The molecule has 1 aliphatic heterocycles. The number of amides is 2. The SMILES string of the molecule is COCCNC(=O)c1cnc(-n2c([C@@H]3CCCC(=O)N3c3ccc(F)c(F)c3)nc3cc(-c4c(C)noc4C)ccc32)s1. The van der Waals surface area contributed by atoms with Gasteiger partial charge in [0, 0.05) is 37.4 Å². The lowest BCUT2D eigenvalue weighted by molar-refractivity contribution is -0.120. The van der Waals surface area contributed by atoms with E-state index in [1.807, 2.05) is 36.6 Å². The molecular weight excluding hydrogens is 578 g/mol. The van der Waals surface area contributed by atoms with Crippen molar-refractivity contribution in [3.63, 3.8) is 0 Å². The van der Waals surface area contributed by atoms with E-state index in [4.69, 9.17) is 14.2 Å². The van der Waals surface area contributed by atoms with E-state index in [0.29, 0.717) is 58.6 Å². The highest BCUT2D eigenvalue weighted by Gasteiger charge is 2.35. The third-order valence-corrected chi connectivity index (χ3v) is 8.41. The predicted octanol–water partition coefficient (Wildman–Crippen LogP) is 5.67. The van der Waals surface area contributed by atoms with Crippen LogP contribution < -0.4 is 10.2 Å². The van der Waals surface area contributed by atoms with Crippen molar-refractivity contribution in [3.8, 4) is 16.3 Å². The van der Waals surface area contributed by atoms with E-state index in [1.54, 1.807) is 7.11 Å². The number of ether oxygens (including phenoxy) is 1. The molecule has 0 aliphatic carbocycles. The number of benzene rings is 2. The number of anilines is 1. The van der Waals surface area contributed by atoms with Crippen LogP contribution in [0.3, 0.4) is 0 Å². The van der Waals surface area contributed by atoms with Gasteiger partial charge in [-0.15, -0.1) is 0 Å². The molecule has 2 amide bonds. The molecule has 0 unspecified atom stereocenters. The Hall–Kier alpha value is -4.49. The van der Waals surface area contributed by atoms with Gasteiger partial charge in [-0.3, -0.25) is 14.2 Å². The number of nitrogens with zero attached hydrogens (tertiary/aromatic N) is 5. The van der Waals surface area contributed by atoms with Crippen molar-refractivity contribution in [2.24, 2.45) is 0 Å². The number of aromatic nitrogens is 4. The number of imidazole rings is 1. The third-order valence-electron chi connectivity index (χ3n) is 7.43. The molecule has 13 heteroatoms. The Morgan fingerprint density at radius 3 is 2.77 bits per heavy atom. The molecule has 0 saturated carbocycles. The van der Waals surface area contributed by atoms with E-state index in [9.17, 15) is 18.4 Å². The Balaban J connectivity index is 1.51. The van der Waals surface area contributed by atoms with E-state index in [1.165, 1.54) is 28.5 Å². The molecule has 0 bridgehead atoms. The van der Waals surface area contributed by atoms with Crippen molar-refractivity contribution in [2.75, 3.05) is 25.2 Å². The molecule has 1 N–H and O–H groups in total. The molecule has 1 fully saturated rings. The molecule has 4 heterocycles. The molecule has 3 aromatic heterocycles. The number of halogens is 2. The summed E-state index contributed by atoms with van der Waals surface area (Å²) in [4.78, 5) is 37.5. The lowest BCUT2D eigenvalue weighted by Crippen LogP contribution is -2.39. The van der Waals surface area contributed by atoms with Crippen molar-refractivity contribution in [1.29, 1.82) is 0 Å². The molecule has 1 saturated heterocycles. The summed E-state index contributed by atoms with van der Waals surface area (Å²) in [5.41, 5.74) is 4.02. The van der Waals surface area contributed by atoms with Crippen LogP contribution in [-0.4, -0.2) is 51.8 Å². The number of nitrogens with one attached hydrogen (secondary N) is 1. The maximum Gasteiger partial charge on any atom is 0.263 e. The zero-order chi connectivity index (χ0) is 30.2. The zero-order valence-corrected chi connectivity index (χ0v) is 24.5. The first kappa shape index (κ1) is 28.6. The molecule has 222 valence electrons. The van der Waals surface area contributed by atoms with E-state index in [2.05, 4.69) is 15.5 Å². The Morgan fingerprint density at radius 2 is 2.02 bits per heavy atom. The summed E-state index contributed by atoms with van der Waals surface area (Å²) >= 11 is 1.18. The molecule has 0 spiro atoms. The zero-order valence-electron chi connectivity index (χ0n) is 23.7. The number of rotatable bonds is 8. The lowest BCUT2D eigenvalue weighted by Gasteiger charge is -2.35. The second-order valence-electron chi connectivity index (χ2n) is 10.2. The van der Waals surface area contributed by atoms with Crippen LogP contribution in [0.25, 0.3) is 27.3 Å². The highest BCUT2D eigenvalue weighted by atomic mass is 32.1. The first-order valence-electron chi connectivity index (χ1n) is 13.7. The van der Waals surface area contributed by atoms with Gasteiger partial charge in [0.1, 0.15) is 16.5 Å². The second kappa shape index (κ2) is 11.7. The average Bonchev–Trinajstić information content (AvgIpc) is 3.71. The van der Waals surface area contributed by atoms with E-state index >= 15 is 0 Å². The normalized spacial score (nSPS) is 15.4. The van der Waals surface area contributed by atoms with Crippen LogP contribution in [0, 0.1) is 25.5 Å². The minimum atomic E-state index is -1.05. The summed E-state index contributed by atoms with van der Waals surface area (Å²) in [6.07, 6.45) is 2.87. The van der Waals surface area contributed by atoms with Crippen LogP contribution in [0.15, 0.2) is 47.1 Å². The molecular formula is C30H28F2N6O4S. The molecule has 1 aliphatic rings. The van der Waals surface area contributed by atoms with Crippen LogP contribution in [0.4, 0.5) is 14.5 Å². The fourth-order valence-electron chi connectivity index (χ4n) is 5.47. The van der Waals surface area contributed by atoms with E-state index < -0.39 is 17.7 Å². The number of carbonyl (C=O) groups excluding carboxylic acids is 2. The van der Waals surface area contributed by atoms with Crippen molar-refractivity contribution < 1.29 is 27.6 Å². The maximum absolute atomic E-state index is 14.3. The number of thiazole rings is 1. The smallest absolute Gasteiger partial charge is 0.263 e. The predicted molar refractivity (Wildman–Crippen MR) is 156 cm³/mol. The number of carbonyl (C=O) groups is 2. The molecule has 1 atom stereocenters. The van der Waals surface area contributed by atoms with Crippen LogP contribution in [-0.2, 0) is 9.53 Å². The molecule has 5 aromatic rings. The highest BCUT2D eigenvalue weighted by molar-refractivity contribution is 7.16. The van der Waals surface area contributed by atoms with Crippen LogP contribution in [0.5, 0.6) is 0 Å². The fraction of sp³-hybridized carbons (Fsp3) is 0.300. The van der Waals surface area contributed by atoms with Gasteiger partial charge in [-0.25, -0.2) is 18.7 Å². The van der Waals surface area contributed by atoms with Gasteiger partial charge in [-0.05, 0) is 56.5 Å². The van der Waals surface area contributed by atoms with Crippen LogP contribution >= 0.6 is 11.3 Å². The maximum atomic E-state index is 14.3. The van der Waals surface area contributed by atoms with Crippen molar-refractivity contribution >= 4 is 39.9 Å². The number of methoxy groups -OCH3 is 1. The van der Waals surface area contributed by atoms with Crippen molar-refractivity contribution in [3.05, 3.63) is 76.4 Å². The van der Waals surface area contributed by atoms with Gasteiger partial charge < -0.3 is 19.5 Å². The van der Waals surface area contributed by atoms with Gasteiger partial charge >= 0.3 is 0 Å². The first-order valence-corrected chi connectivity index (χ1v) is 14.5. The highest BCUT2D eigenvalue weighted by Crippen LogP contribution is 2.40. The Kier molecular flexibility index (Phi) is 7.75. The molecule has 0 radical (unpaired) electrons. The minimum absolute atomic E-state index is 0.227. The molecule has 43 heavy (non-hydrogen) atoms. The monoisotopic (exact) mass is 606 g/mol. The summed E-state index contributed by atoms with van der Waals surface area (Å²) in [6, 6.07) is 8.58. The number of piperidine rings is 1. The summed E-state index contributed by atoms with van der Waals surface area (Å²) in [6.45, 7) is 4.42. The average molecular weight is 607 g/mol. The Labute approximate surface area is 249 Å². The largest absolute Gasteiger partial charge is 0.383 e. The van der Waals surface area contributed by atoms with E-state index in [-0.39, 0.29) is 23.9 Å². The Bertz CT molecular complexity index is 1830. The van der Waals surface area contributed by atoms with E-state index in [0.717, 1.165) is 29.0 Å². The topological polar surface area (TPSA) is 115 Å². The van der Waals surface area contributed by atoms with Crippen molar-refractivity contribution in [1.82, 2.24) is 25.0 Å². The van der Waals surface area contributed by atoms with Gasteiger partial charge in [-0.2, -0.15) is 0 Å². The summed E-state index contributed by atoms with van der Waals surface area (Å²) in [5, 5.41) is 7.35. The number of hydrogen-bond acceptors (Lipinski definition) is 8. The van der Waals surface area contributed by atoms with Crippen molar-refractivity contribution in [2.45, 2.75) is 39.2 Å². The third kappa shape index (κ3) is 5.30. The number of hydrogen-bond donors (Lipinski definition) is 1.